The van der Waals surface area contributed by atoms with Crippen molar-refractivity contribution in [2.75, 3.05) is 17.3 Å². The van der Waals surface area contributed by atoms with Crippen molar-refractivity contribution in [3.05, 3.63) is 24.0 Å². The lowest BCUT2D eigenvalue weighted by molar-refractivity contribution is 0.610. The summed E-state index contributed by atoms with van der Waals surface area (Å²) >= 11 is 6.18. The Morgan fingerprint density at radius 1 is 1.32 bits per heavy atom. The molecule has 2 aromatic rings. The van der Waals surface area contributed by atoms with Crippen LogP contribution in [0, 0.1) is 6.92 Å². The first-order chi connectivity index (χ1) is 9.29. The van der Waals surface area contributed by atoms with Gasteiger partial charge in [-0.1, -0.05) is 12.8 Å². The van der Waals surface area contributed by atoms with E-state index in [1.54, 1.807) is 6.33 Å². The standard InChI is InChI=1S/C14H19ClN4/c1-11-7-13-16-10-17-19(13)14(8-11)18-6-4-2-3-5-12(18)9-15/h7-8,10,12H,2-6,9H2,1H3. The van der Waals surface area contributed by atoms with Crippen LogP contribution >= 0.6 is 11.6 Å². The molecular formula is C14H19ClN4. The summed E-state index contributed by atoms with van der Waals surface area (Å²) < 4.78 is 1.93. The summed E-state index contributed by atoms with van der Waals surface area (Å²) in [7, 11) is 0. The van der Waals surface area contributed by atoms with E-state index in [2.05, 4.69) is 34.0 Å². The number of rotatable bonds is 2. The van der Waals surface area contributed by atoms with E-state index in [0.717, 1.165) is 24.4 Å². The van der Waals surface area contributed by atoms with Gasteiger partial charge >= 0.3 is 0 Å². The highest BCUT2D eigenvalue weighted by atomic mass is 35.5. The quantitative estimate of drug-likeness (QED) is 0.792. The molecule has 3 rings (SSSR count). The van der Waals surface area contributed by atoms with Gasteiger partial charge in [-0.3, -0.25) is 0 Å². The summed E-state index contributed by atoms with van der Waals surface area (Å²) in [5, 5.41) is 4.36. The van der Waals surface area contributed by atoms with Crippen molar-refractivity contribution in [3.63, 3.8) is 0 Å². The molecule has 1 aliphatic rings. The second kappa shape index (κ2) is 5.37. The number of nitrogens with zero attached hydrogens (tertiary/aromatic N) is 4. The van der Waals surface area contributed by atoms with Crippen LogP contribution in [0.15, 0.2) is 18.5 Å². The van der Waals surface area contributed by atoms with Gasteiger partial charge in [0.1, 0.15) is 12.1 Å². The van der Waals surface area contributed by atoms with Gasteiger partial charge in [0.25, 0.3) is 0 Å². The van der Waals surface area contributed by atoms with Crippen molar-refractivity contribution in [2.45, 2.75) is 38.6 Å². The smallest absolute Gasteiger partial charge is 0.157 e. The number of alkyl halides is 1. The summed E-state index contributed by atoms with van der Waals surface area (Å²) in [5.41, 5.74) is 2.13. The average Bonchev–Trinajstić information content (AvgIpc) is 2.74. The van der Waals surface area contributed by atoms with E-state index < -0.39 is 0 Å². The minimum Gasteiger partial charge on any atom is -0.352 e. The molecule has 1 atom stereocenters. The largest absolute Gasteiger partial charge is 0.352 e. The first kappa shape index (κ1) is 12.7. The van der Waals surface area contributed by atoms with Gasteiger partial charge in [-0.05, 0) is 37.5 Å². The lowest BCUT2D eigenvalue weighted by Gasteiger charge is -2.30. The number of aromatic nitrogens is 3. The van der Waals surface area contributed by atoms with Crippen molar-refractivity contribution in [2.24, 2.45) is 0 Å². The Balaban J connectivity index is 2.07. The summed E-state index contributed by atoms with van der Waals surface area (Å²) in [5.74, 6) is 1.80. The molecule has 3 heterocycles. The number of halogens is 1. The third-order valence-electron chi connectivity index (χ3n) is 3.85. The molecule has 0 saturated carbocycles. The van der Waals surface area contributed by atoms with Crippen LogP contribution in [0.5, 0.6) is 0 Å². The van der Waals surface area contributed by atoms with Gasteiger partial charge in [0.15, 0.2) is 5.65 Å². The maximum atomic E-state index is 6.18. The Morgan fingerprint density at radius 3 is 3.05 bits per heavy atom. The molecule has 0 bridgehead atoms. The number of hydrogen-bond acceptors (Lipinski definition) is 3. The maximum Gasteiger partial charge on any atom is 0.157 e. The zero-order chi connectivity index (χ0) is 13.2. The normalized spacial score (nSPS) is 20.7. The van der Waals surface area contributed by atoms with Crippen LogP contribution in [0.4, 0.5) is 5.82 Å². The molecular weight excluding hydrogens is 260 g/mol. The molecule has 1 unspecified atom stereocenters. The summed E-state index contributed by atoms with van der Waals surface area (Å²) in [6, 6.07) is 4.65. The molecule has 0 radical (unpaired) electrons. The van der Waals surface area contributed by atoms with E-state index >= 15 is 0 Å². The second-order valence-corrected chi connectivity index (χ2v) is 5.58. The van der Waals surface area contributed by atoms with Crippen LogP contribution in [0.3, 0.4) is 0 Å². The van der Waals surface area contributed by atoms with Crippen LogP contribution < -0.4 is 4.90 Å². The Labute approximate surface area is 118 Å². The van der Waals surface area contributed by atoms with Crippen LogP contribution in [0.25, 0.3) is 5.65 Å². The van der Waals surface area contributed by atoms with Crippen molar-refractivity contribution >= 4 is 23.1 Å². The highest BCUT2D eigenvalue weighted by molar-refractivity contribution is 6.18. The predicted molar refractivity (Wildman–Crippen MR) is 78.0 cm³/mol. The van der Waals surface area contributed by atoms with Crippen LogP contribution in [0.2, 0.25) is 0 Å². The fourth-order valence-corrected chi connectivity index (χ4v) is 3.20. The first-order valence-corrected chi connectivity index (χ1v) is 7.46. The van der Waals surface area contributed by atoms with E-state index in [1.807, 2.05) is 4.52 Å². The van der Waals surface area contributed by atoms with Gasteiger partial charge < -0.3 is 4.90 Å². The van der Waals surface area contributed by atoms with E-state index in [9.17, 15) is 0 Å². The monoisotopic (exact) mass is 278 g/mol. The van der Waals surface area contributed by atoms with Crippen molar-refractivity contribution in [1.82, 2.24) is 14.6 Å². The minimum atomic E-state index is 0.401. The molecule has 0 N–H and O–H groups in total. The Morgan fingerprint density at radius 2 is 2.21 bits per heavy atom. The highest BCUT2D eigenvalue weighted by Gasteiger charge is 2.23. The van der Waals surface area contributed by atoms with Crippen LogP contribution in [-0.4, -0.2) is 33.1 Å². The third kappa shape index (κ3) is 2.41. The molecule has 1 fully saturated rings. The zero-order valence-electron chi connectivity index (χ0n) is 11.2. The molecule has 0 aromatic carbocycles. The molecule has 102 valence electrons. The van der Waals surface area contributed by atoms with Gasteiger partial charge in [-0.2, -0.15) is 9.61 Å². The molecule has 0 spiro atoms. The molecule has 2 aromatic heterocycles. The summed E-state index contributed by atoms with van der Waals surface area (Å²) in [6.45, 7) is 3.15. The van der Waals surface area contributed by atoms with Crippen molar-refractivity contribution in [1.29, 1.82) is 0 Å². The topological polar surface area (TPSA) is 33.4 Å². The van der Waals surface area contributed by atoms with Crippen molar-refractivity contribution in [3.8, 4) is 0 Å². The molecule has 4 nitrogen and oxygen atoms in total. The fourth-order valence-electron chi connectivity index (χ4n) is 2.88. The average molecular weight is 279 g/mol. The molecule has 19 heavy (non-hydrogen) atoms. The summed E-state index contributed by atoms with van der Waals surface area (Å²) in [4.78, 5) is 6.71. The Hall–Kier alpha value is -1.29. The number of aryl methyl sites for hydroxylation is 1. The molecule has 5 heteroatoms. The third-order valence-corrected chi connectivity index (χ3v) is 4.21. The van der Waals surface area contributed by atoms with Gasteiger partial charge in [0, 0.05) is 18.5 Å². The van der Waals surface area contributed by atoms with E-state index in [1.165, 1.54) is 24.8 Å². The molecule has 1 saturated heterocycles. The SMILES string of the molecule is Cc1cc(N2CCCCCC2CCl)n2ncnc2c1. The zero-order valence-corrected chi connectivity index (χ0v) is 12.0. The molecule has 0 aliphatic carbocycles. The molecule has 1 aliphatic heterocycles. The minimum absolute atomic E-state index is 0.401. The van der Waals surface area contributed by atoms with Crippen LogP contribution in [-0.2, 0) is 0 Å². The van der Waals surface area contributed by atoms with E-state index in [0.29, 0.717) is 11.9 Å². The molecule has 0 amide bonds. The van der Waals surface area contributed by atoms with Crippen molar-refractivity contribution < 1.29 is 0 Å². The van der Waals surface area contributed by atoms with E-state index in [4.69, 9.17) is 11.6 Å². The van der Waals surface area contributed by atoms with Gasteiger partial charge in [0.05, 0.1) is 0 Å². The van der Waals surface area contributed by atoms with Gasteiger partial charge in [-0.25, -0.2) is 4.98 Å². The predicted octanol–water partition coefficient (Wildman–Crippen LogP) is 3.03. The van der Waals surface area contributed by atoms with Crippen LogP contribution in [0.1, 0.15) is 31.2 Å². The lowest BCUT2D eigenvalue weighted by Crippen LogP contribution is -2.37. The maximum absolute atomic E-state index is 6.18. The number of anilines is 1. The fraction of sp³-hybridized carbons (Fsp3) is 0.571. The Kier molecular flexibility index (Phi) is 3.60. The first-order valence-electron chi connectivity index (χ1n) is 6.92. The van der Waals surface area contributed by atoms with Gasteiger partial charge in [-0.15, -0.1) is 11.6 Å². The number of pyridine rings is 1. The lowest BCUT2D eigenvalue weighted by atomic mass is 10.1. The second-order valence-electron chi connectivity index (χ2n) is 5.27. The highest BCUT2D eigenvalue weighted by Crippen LogP contribution is 2.26. The Bertz CT molecular complexity index is 566. The van der Waals surface area contributed by atoms with E-state index in [-0.39, 0.29) is 0 Å². The summed E-state index contributed by atoms with van der Waals surface area (Å²) in [6.07, 6.45) is 6.55. The number of hydrogen-bond donors (Lipinski definition) is 0. The number of fused-ring (bicyclic) bond motifs is 1. The van der Waals surface area contributed by atoms with Gasteiger partial charge in [0.2, 0.25) is 0 Å².